The normalized spacial score (nSPS) is 25.0. The van der Waals surface area contributed by atoms with Crippen molar-refractivity contribution in [2.75, 3.05) is 6.54 Å². The highest BCUT2D eigenvalue weighted by Crippen LogP contribution is 2.38. The molecule has 2 atom stereocenters. The van der Waals surface area contributed by atoms with Crippen molar-refractivity contribution >= 4 is 23.4 Å². The molecule has 0 N–H and O–H groups in total. The summed E-state index contributed by atoms with van der Waals surface area (Å²) in [6.07, 6.45) is 7.72. The molecule has 1 aromatic rings. The predicted molar refractivity (Wildman–Crippen MR) is 78.1 cm³/mol. The quantitative estimate of drug-likeness (QED) is 0.629. The minimum atomic E-state index is -0.237. The lowest BCUT2D eigenvalue weighted by atomic mass is 9.85. The highest BCUT2D eigenvalue weighted by Gasteiger charge is 2.47. The second-order valence-corrected chi connectivity index (χ2v) is 6.08. The van der Waals surface area contributed by atoms with Crippen molar-refractivity contribution in [3.05, 3.63) is 41.7 Å². The summed E-state index contributed by atoms with van der Waals surface area (Å²) in [6.45, 7) is 1.29. The Hall–Kier alpha value is -1.68. The molecule has 4 nitrogen and oxygen atoms in total. The van der Waals surface area contributed by atoms with E-state index in [1.165, 1.54) is 4.90 Å². The number of hydrogen-bond donors (Lipinski definition) is 0. The maximum Gasteiger partial charge on any atom is 0.233 e. The van der Waals surface area contributed by atoms with Crippen molar-refractivity contribution in [3.8, 4) is 0 Å². The van der Waals surface area contributed by atoms with Crippen LogP contribution in [0.4, 0.5) is 0 Å². The van der Waals surface area contributed by atoms with E-state index in [2.05, 4.69) is 4.57 Å². The second-order valence-electron chi connectivity index (χ2n) is 5.60. The first-order chi connectivity index (χ1) is 10.2. The van der Waals surface area contributed by atoms with Crippen LogP contribution in [-0.4, -0.2) is 23.3 Å². The number of imide groups is 1. The Bertz CT molecular complexity index is 585. The number of hydrogen-bond acceptors (Lipinski definition) is 2. The fourth-order valence-electron chi connectivity index (χ4n) is 3.11. The molecule has 2 heterocycles. The zero-order valence-electron chi connectivity index (χ0n) is 11.7. The van der Waals surface area contributed by atoms with Gasteiger partial charge in [-0.2, -0.15) is 0 Å². The van der Waals surface area contributed by atoms with Gasteiger partial charge in [-0.1, -0.05) is 23.7 Å². The summed E-state index contributed by atoms with van der Waals surface area (Å²) in [7, 11) is 0. The number of aryl methyl sites for hydroxylation is 1. The molecule has 0 unspecified atom stereocenters. The van der Waals surface area contributed by atoms with E-state index < -0.39 is 0 Å². The van der Waals surface area contributed by atoms with Crippen LogP contribution in [0.2, 0.25) is 0 Å². The maximum absolute atomic E-state index is 12.4. The Labute approximate surface area is 129 Å². The van der Waals surface area contributed by atoms with Crippen LogP contribution in [0.5, 0.6) is 0 Å². The lowest BCUT2D eigenvalue weighted by Crippen LogP contribution is -2.37. The van der Waals surface area contributed by atoms with E-state index in [4.69, 9.17) is 11.6 Å². The zero-order valence-corrected chi connectivity index (χ0v) is 12.5. The Balaban J connectivity index is 1.59. The van der Waals surface area contributed by atoms with Gasteiger partial charge in [0.25, 0.3) is 0 Å². The second kappa shape index (κ2) is 5.98. The fraction of sp³-hybridized carbons (Fsp3) is 0.438. The standard InChI is InChI=1S/C16H18ClN2O2/c17-12-5-6-13-14(11-12)16(21)19(15(13)20)10-4-9-18-7-2-1-3-8-18/h1-3,5,7-8,13-14H,4,6,9-11H2/q+1/t13-,14+/m1/s1. The third kappa shape index (κ3) is 2.86. The van der Waals surface area contributed by atoms with Crippen molar-refractivity contribution < 1.29 is 14.2 Å². The largest absolute Gasteiger partial charge is 0.282 e. The molecule has 1 aliphatic carbocycles. The van der Waals surface area contributed by atoms with Gasteiger partial charge in [-0.15, -0.1) is 0 Å². The summed E-state index contributed by atoms with van der Waals surface area (Å²) < 4.78 is 2.05. The highest BCUT2D eigenvalue weighted by molar-refractivity contribution is 6.30. The summed E-state index contributed by atoms with van der Waals surface area (Å²) >= 11 is 6.00. The van der Waals surface area contributed by atoms with Gasteiger partial charge in [-0.25, -0.2) is 4.57 Å². The maximum atomic E-state index is 12.4. The SMILES string of the molecule is O=C1[C@H]2CC(Cl)=CC[C@H]2C(=O)N1CCC[n+]1ccccc1. The van der Waals surface area contributed by atoms with Crippen LogP contribution in [0, 0.1) is 11.8 Å². The summed E-state index contributed by atoms with van der Waals surface area (Å²) in [5.41, 5.74) is 0. The fourth-order valence-corrected chi connectivity index (χ4v) is 3.37. The molecule has 0 aromatic carbocycles. The zero-order chi connectivity index (χ0) is 14.8. The van der Waals surface area contributed by atoms with E-state index in [1.54, 1.807) is 0 Å². The van der Waals surface area contributed by atoms with Crippen molar-refractivity contribution in [2.24, 2.45) is 11.8 Å². The van der Waals surface area contributed by atoms with E-state index in [9.17, 15) is 9.59 Å². The summed E-state index contributed by atoms with van der Waals surface area (Å²) in [6, 6.07) is 5.90. The van der Waals surface area contributed by atoms with Crippen LogP contribution >= 0.6 is 11.6 Å². The molecule has 0 spiro atoms. The minimum absolute atomic E-state index is 0.0246. The molecular formula is C16H18ClN2O2+. The van der Waals surface area contributed by atoms with E-state index >= 15 is 0 Å². The summed E-state index contributed by atoms with van der Waals surface area (Å²) in [4.78, 5) is 26.1. The van der Waals surface area contributed by atoms with Crippen molar-refractivity contribution in [1.82, 2.24) is 4.90 Å². The van der Waals surface area contributed by atoms with Crippen molar-refractivity contribution in [2.45, 2.75) is 25.8 Å². The lowest BCUT2D eigenvalue weighted by Gasteiger charge is -2.17. The van der Waals surface area contributed by atoms with Gasteiger partial charge in [0.1, 0.15) is 6.54 Å². The predicted octanol–water partition coefficient (Wildman–Crippen LogP) is 1.88. The van der Waals surface area contributed by atoms with Crippen molar-refractivity contribution in [1.29, 1.82) is 0 Å². The van der Waals surface area contributed by atoms with Gasteiger partial charge in [-0.3, -0.25) is 14.5 Å². The van der Waals surface area contributed by atoms with Gasteiger partial charge in [-0.05, 0) is 12.8 Å². The molecule has 1 aliphatic heterocycles. The smallest absolute Gasteiger partial charge is 0.233 e. The highest BCUT2D eigenvalue weighted by atomic mass is 35.5. The number of rotatable bonds is 4. The molecule has 2 amide bonds. The Kier molecular flexibility index (Phi) is 4.06. The third-order valence-corrected chi connectivity index (χ3v) is 4.54. The van der Waals surface area contributed by atoms with Gasteiger partial charge in [0.15, 0.2) is 12.4 Å². The molecule has 0 radical (unpaired) electrons. The third-order valence-electron chi connectivity index (χ3n) is 4.24. The first kappa shape index (κ1) is 14.3. The van der Waals surface area contributed by atoms with E-state index in [0.29, 0.717) is 24.4 Å². The van der Waals surface area contributed by atoms with Crippen LogP contribution < -0.4 is 4.57 Å². The van der Waals surface area contributed by atoms with Crippen molar-refractivity contribution in [3.63, 3.8) is 0 Å². The van der Waals surface area contributed by atoms with E-state index in [1.807, 2.05) is 36.7 Å². The first-order valence-corrected chi connectivity index (χ1v) is 7.68. The molecule has 1 saturated heterocycles. The number of carbonyl (C=O) groups excluding carboxylic acids is 2. The molecule has 2 aliphatic rings. The van der Waals surface area contributed by atoms with E-state index in [0.717, 1.165) is 13.0 Å². The average Bonchev–Trinajstić information content (AvgIpc) is 2.73. The van der Waals surface area contributed by atoms with Gasteiger partial charge < -0.3 is 0 Å². The molecule has 5 heteroatoms. The number of allylic oxidation sites excluding steroid dienone is 2. The Morgan fingerprint density at radius 1 is 1.14 bits per heavy atom. The average molecular weight is 306 g/mol. The van der Waals surface area contributed by atoms with Crippen LogP contribution in [0.1, 0.15) is 19.3 Å². The number of pyridine rings is 1. The summed E-state index contributed by atoms with van der Waals surface area (Å²) in [5.74, 6) is -0.499. The number of halogens is 1. The van der Waals surface area contributed by atoms with Gasteiger partial charge in [0.2, 0.25) is 11.8 Å². The number of likely N-dealkylation sites (tertiary alicyclic amines) is 1. The van der Waals surface area contributed by atoms with Gasteiger partial charge in [0.05, 0.1) is 11.8 Å². The first-order valence-electron chi connectivity index (χ1n) is 7.30. The summed E-state index contributed by atoms with van der Waals surface area (Å²) in [5, 5.41) is 0.707. The van der Waals surface area contributed by atoms with Gasteiger partial charge >= 0.3 is 0 Å². The molecular weight excluding hydrogens is 288 g/mol. The Morgan fingerprint density at radius 3 is 2.62 bits per heavy atom. The molecule has 21 heavy (non-hydrogen) atoms. The van der Waals surface area contributed by atoms with Gasteiger partial charge in [0, 0.05) is 30.1 Å². The van der Waals surface area contributed by atoms with E-state index in [-0.39, 0.29) is 23.7 Å². The molecule has 3 rings (SSSR count). The molecule has 0 bridgehead atoms. The topological polar surface area (TPSA) is 41.3 Å². The molecule has 0 saturated carbocycles. The van der Waals surface area contributed by atoms with Crippen LogP contribution in [0.3, 0.4) is 0 Å². The lowest BCUT2D eigenvalue weighted by molar-refractivity contribution is -0.697. The van der Waals surface area contributed by atoms with Crippen LogP contribution in [0.15, 0.2) is 41.7 Å². The molecule has 110 valence electrons. The number of amides is 2. The number of nitrogens with zero attached hydrogens (tertiary/aromatic N) is 2. The van der Waals surface area contributed by atoms with Crippen LogP contribution in [-0.2, 0) is 16.1 Å². The monoisotopic (exact) mass is 305 g/mol. The number of fused-ring (bicyclic) bond motifs is 1. The van der Waals surface area contributed by atoms with Crippen LogP contribution in [0.25, 0.3) is 0 Å². The number of aromatic nitrogens is 1. The minimum Gasteiger partial charge on any atom is -0.282 e. The molecule has 1 fully saturated rings. The number of carbonyl (C=O) groups is 2. The Morgan fingerprint density at radius 2 is 1.86 bits per heavy atom. The molecule has 1 aromatic heterocycles.